The summed E-state index contributed by atoms with van der Waals surface area (Å²) >= 11 is 5.92. The Balaban J connectivity index is 1.97. The molecule has 0 saturated carbocycles. The number of hydrogen-bond acceptors (Lipinski definition) is 5. The lowest BCUT2D eigenvalue weighted by Crippen LogP contribution is -2.29. The van der Waals surface area contributed by atoms with Crippen molar-refractivity contribution in [3.63, 3.8) is 0 Å². The summed E-state index contributed by atoms with van der Waals surface area (Å²) in [5.41, 5.74) is -0.953. The topological polar surface area (TPSA) is 76.1 Å². The first-order valence-electron chi connectivity index (χ1n) is 10.5. The van der Waals surface area contributed by atoms with E-state index >= 15 is 0 Å². The van der Waals surface area contributed by atoms with Crippen LogP contribution in [0.25, 0.3) is 5.76 Å². The molecular weight excluding hydrogens is 499 g/mol. The Hall–Kier alpha value is -3.98. The number of rotatable bonds is 5. The van der Waals surface area contributed by atoms with Crippen molar-refractivity contribution in [1.82, 2.24) is 0 Å². The van der Waals surface area contributed by atoms with E-state index < -0.39 is 35.2 Å². The van der Waals surface area contributed by atoms with Crippen molar-refractivity contribution in [1.29, 1.82) is 0 Å². The van der Waals surface area contributed by atoms with Crippen LogP contribution in [0.5, 0.6) is 11.5 Å². The fraction of sp³-hybridized carbons (Fsp3) is 0.154. The van der Waals surface area contributed by atoms with Gasteiger partial charge in [0.05, 0.1) is 31.4 Å². The quantitative estimate of drug-likeness (QED) is 0.255. The lowest BCUT2D eigenvalue weighted by Gasteiger charge is -2.26. The molecule has 36 heavy (non-hydrogen) atoms. The number of ether oxygens (including phenoxy) is 2. The highest BCUT2D eigenvalue weighted by Gasteiger charge is 2.47. The molecule has 0 bridgehead atoms. The first-order chi connectivity index (χ1) is 17.1. The number of carbonyl (C=O) groups excluding carboxylic acids is 2. The highest BCUT2D eigenvalue weighted by molar-refractivity contribution is 6.51. The zero-order chi connectivity index (χ0) is 26.2. The molecule has 10 heteroatoms. The van der Waals surface area contributed by atoms with Gasteiger partial charge in [0.25, 0.3) is 11.7 Å². The molecule has 6 nitrogen and oxygen atoms in total. The minimum Gasteiger partial charge on any atom is -0.507 e. The van der Waals surface area contributed by atoms with Gasteiger partial charge < -0.3 is 14.6 Å². The number of ketones is 1. The number of Topliss-reactive ketones (excluding diaryl/α,β-unsaturated/α-hetero) is 1. The van der Waals surface area contributed by atoms with Crippen molar-refractivity contribution in [3.05, 3.63) is 94.0 Å². The summed E-state index contributed by atoms with van der Waals surface area (Å²) in [5, 5.41) is 11.5. The van der Waals surface area contributed by atoms with Crippen LogP contribution in [-0.2, 0) is 15.8 Å². The van der Waals surface area contributed by atoms with Crippen molar-refractivity contribution >= 4 is 34.7 Å². The lowest BCUT2D eigenvalue weighted by atomic mass is 9.94. The van der Waals surface area contributed by atoms with Gasteiger partial charge in [-0.15, -0.1) is 0 Å². The molecule has 0 spiro atoms. The summed E-state index contributed by atoms with van der Waals surface area (Å²) in [7, 11) is 2.81. The van der Waals surface area contributed by atoms with E-state index in [-0.39, 0.29) is 22.6 Å². The molecule has 186 valence electrons. The predicted molar refractivity (Wildman–Crippen MR) is 127 cm³/mol. The third-order valence-electron chi connectivity index (χ3n) is 5.74. The number of benzene rings is 3. The summed E-state index contributed by atoms with van der Waals surface area (Å²) in [6.45, 7) is 0. The van der Waals surface area contributed by atoms with Crippen molar-refractivity contribution in [2.45, 2.75) is 12.2 Å². The minimum absolute atomic E-state index is 0.165. The van der Waals surface area contributed by atoms with E-state index in [9.17, 15) is 27.9 Å². The molecule has 1 aliphatic rings. The van der Waals surface area contributed by atoms with Gasteiger partial charge in [-0.25, -0.2) is 0 Å². The van der Waals surface area contributed by atoms with Crippen LogP contribution in [0.4, 0.5) is 18.9 Å². The summed E-state index contributed by atoms with van der Waals surface area (Å²) in [5.74, 6) is -2.03. The number of amides is 1. The molecule has 1 amide bonds. The van der Waals surface area contributed by atoms with E-state index in [0.29, 0.717) is 16.3 Å². The number of anilines is 1. The van der Waals surface area contributed by atoms with Crippen LogP contribution in [0.3, 0.4) is 0 Å². The largest absolute Gasteiger partial charge is 0.507 e. The van der Waals surface area contributed by atoms with Crippen LogP contribution in [0.1, 0.15) is 22.7 Å². The molecule has 0 aromatic heterocycles. The number of alkyl halides is 3. The van der Waals surface area contributed by atoms with Gasteiger partial charge in [-0.1, -0.05) is 23.7 Å². The fourth-order valence-electron chi connectivity index (χ4n) is 4.03. The van der Waals surface area contributed by atoms with E-state index in [0.717, 1.165) is 23.1 Å². The molecule has 1 saturated heterocycles. The first kappa shape index (κ1) is 25.1. The van der Waals surface area contributed by atoms with E-state index in [4.69, 9.17) is 21.1 Å². The van der Waals surface area contributed by atoms with Crippen LogP contribution >= 0.6 is 11.6 Å². The number of hydrogen-bond donors (Lipinski definition) is 1. The molecule has 3 aromatic rings. The monoisotopic (exact) mass is 517 g/mol. The molecule has 0 radical (unpaired) electrons. The van der Waals surface area contributed by atoms with Gasteiger partial charge in [0.1, 0.15) is 5.76 Å². The first-order valence-corrected chi connectivity index (χ1v) is 10.9. The predicted octanol–water partition coefficient (Wildman–Crippen LogP) is 6.00. The maximum absolute atomic E-state index is 13.4. The second kappa shape index (κ2) is 9.58. The van der Waals surface area contributed by atoms with Gasteiger partial charge in [0.2, 0.25) is 0 Å². The van der Waals surface area contributed by atoms with Gasteiger partial charge in [0, 0.05) is 16.3 Å². The summed E-state index contributed by atoms with van der Waals surface area (Å²) in [6.07, 6.45) is -4.67. The maximum atomic E-state index is 13.4. The second-order valence-corrected chi connectivity index (χ2v) is 8.27. The highest BCUT2D eigenvalue weighted by Crippen LogP contribution is 2.45. The van der Waals surface area contributed by atoms with Crippen molar-refractivity contribution in [3.8, 4) is 11.5 Å². The van der Waals surface area contributed by atoms with E-state index in [1.54, 1.807) is 0 Å². The smallest absolute Gasteiger partial charge is 0.416 e. The zero-order valence-corrected chi connectivity index (χ0v) is 19.7. The molecule has 3 aromatic carbocycles. The SMILES string of the molecule is COc1ccc([C@@H]2C(=C(O)c3ccc(Cl)cc3)C(=O)C(=O)N2c2cccc(C(F)(F)F)c2)cc1OC. The van der Waals surface area contributed by atoms with Crippen molar-refractivity contribution < 1.29 is 37.3 Å². The Morgan fingerprint density at radius 2 is 1.61 bits per heavy atom. The molecule has 0 unspecified atom stereocenters. The minimum atomic E-state index is -4.67. The summed E-state index contributed by atoms with van der Waals surface area (Å²) < 4.78 is 50.9. The number of nitrogens with zero attached hydrogens (tertiary/aromatic N) is 1. The third-order valence-corrected chi connectivity index (χ3v) is 5.99. The van der Waals surface area contributed by atoms with E-state index in [1.165, 1.54) is 62.8 Å². The number of aliphatic hydroxyl groups excluding tert-OH is 1. The van der Waals surface area contributed by atoms with Gasteiger partial charge >= 0.3 is 6.18 Å². The highest BCUT2D eigenvalue weighted by atomic mass is 35.5. The molecule has 0 aliphatic carbocycles. The number of aliphatic hydroxyl groups is 1. The average Bonchev–Trinajstić information content (AvgIpc) is 3.13. The lowest BCUT2D eigenvalue weighted by molar-refractivity contribution is -0.137. The standard InChI is InChI=1S/C26H19ClF3NO5/c1-35-19-11-8-15(12-20(19)36-2)22-21(23(32)14-6-9-17(27)10-7-14)24(33)25(34)31(22)18-5-3-4-16(13-18)26(28,29)30/h3-13,22,32H,1-2H3/t22-/m1/s1. The third kappa shape index (κ3) is 4.49. The van der Waals surface area contributed by atoms with E-state index in [2.05, 4.69) is 0 Å². The normalized spacial score (nSPS) is 17.4. The molecule has 1 N–H and O–H groups in total. The van der Waals surface area contributed by atoms with Gasteiger partial charge in [-0.2, -0.15) is 13.2 Å². The van der Waals surface area contributed by atoms with Crippen molar-refractivity contribution in [2.75, 3.05) is 19.1 Å². The number of halogens is 4. The van der Waals surface area contributed by atoms with Crippen LogP contribution in [-0.4, -0.2) is 31.0 Å². The van der Waals surface area contributed by atoms with Gasteiger partial charge in [0.15, 0.2) is 11.5 Å². The number of methoxy groups -OCH3 is 2. The number of carbonyl (C=O) groups is 2. The molecule has 1 atom stereocenters. The van der Waals surface area contributed by atoms with E-state index in [1.807, 2.05) is 0 Å². The molecular formula is C26H19ClF3NO5. The van der Waals surface area contributed by atoms with Gasteiger partial charge in [-0.05, 0) is 60.2 Å². The van der Waals surface area contributed by atoms with Crippen molar-refractivity contribution in [2.24, 2.45) is 0 Å². The second-order valence-electron chi connectivity index (χ2n) is 7.84. The van der Waals surface area contributed by atoms with Crippen LogP contribution in [0.15, 0.2) is 72.3 Å². The molecule has 4 rings (SSSR count). The maximum Gasteiger partial charge on any atom is 0.416 e. The Morgan fingerprint density at radius 3 is 2.22 bits per heavy atom. The Morgan fingerprint density at radius 1 is 0.944 bits per heavy atom. The van der Waals surface area contributed by atoms with Crippen LogP contribution in [0.2, 0.25) is 5.02 Å². The Bertz CT molecular complexity index is 1370. The van der Waals surface area contributed by atoms with Crippen LogP contribution < -0.4 is 14.4 Å². The molecule has 1 aliphatic heterocycles. The Labute approximate surface area is 209 Å². The Kier molecular flexibility index (Phi) is 6.69. The summed E-state index contributed by atoms with van der Waals surface area (Å²) in [4.78, 5) is 27.3. The summed E-state index contributed by atoms with van der Waals surface area (Å²) in [6, 6.07) is 13.3. The fourth-order valence-corrected chi connectivity index (χ4v) is 4.16. The van der Waals surface area contributed by atoms with Crippen LogP contribution in [0, 0.1) is 0 Å². The average molecular weight is 518 g/mol. The van der Waals surface area contributed by atoms with Gasteiger partial charge in [-0.3, -0.25) is 14.5 Å². The molecule has 1 heterocycles. The zero-order valence-electron chi connectivity index (χ0n) is 19.0. The molecule has 1 fully saturated rings.